The number of nitrogens with one attached hydrogen (secondary N) is 1. The van der Waals surface area contributed by atoms with E-state index in [4.69, 9.17) is 11.6 Å². The summed E-state index contributed by atoms with van der Waals surface area (Å²) >= 11 is 9.40. The Morgan fingerprint density at radius 3 is 2.77 bits per heavy atom. The molecule has 1 N–H and O–H groups in total. The predicted octanol–water partition coefficient (Wildman–Crippen LogP) is 2.67. The van der Waals surface area contributed by atoms with Crippen LogP contribution in [0.1, 0.15) is 5.56 Å². The zero-order valence-corrected chi connectivity index (χ0v) is 9.98. The first kappa shape index (κ1) is 11.0. The van der Waals surface area contributed by atoms with Crippen LogP contribution >= 0.6 is 27.5 Å². The molecule has 13 heavy (non-hydrogen) atoms. The Balaban J connectivity index is 2.70. The van der Waals surface area contributed by atoms with Gasteiger partial charge in [-0.25, -0.2) is 0 Å². The molecule has 0 aliphatic rings. The third-order valence-electron chi connectivity index (χ3n) is 1.59. The van der Waals surface area contributed by atoms with Crippen molar-refractivity contribution < 1.29 is 0 Å². The Morgan fingerprint density at radius 1 is 1.46 bits per heavy atom. The van der Waals surface area contributed by atoms with E-state index in [0.717, 1.165) is 21.6 Å². The number of hydrogen-bond donors (Lipinski definition) is 1. The molecule has 1 rings (SSSR count). The van der Waals surface area contributed by atoms with Crippen molar-refractivity contribution in [3.8, 4) is 0 Å². The molecular weight excluding hydrogens is 251 g/mol. The van der Waals surface area contributed by atoms with E-state index in [9.17, 15) is 0 Å². The van der Waals surface area contributed by atoms with Gasteiger partial charge in [0.2, 0.25) is 0 Å². The molecule has 0 unspecified atom stereocenters. The summed E-state index contributed by atoms with van der Waals surface area (Å²) in [6.45, 7) is 0.741. The molecule has 0 bridgehead atoms. The van der Waals surface area contributed by atoms with Gasteiger partial charge in [-0.3, -0.25) is 10.4 Å². The second kappa shape index (κ2) is 4.96. The van der Waals surface area contributed by atoms with Crippen molar-refractivity contribution in [2.75, 3.05) is 14.1 Å². The molecule has 0 amide bonds. The third kappa shape index (κ3) is 3.65. The maximum Gasteiger partial charge on any atom is 0.0452 e. The number of nitrogens with zero attached hydrogens (tertiary/aromatic N) is 1. The molecule has 1 aromatic carbocycles. The van der Waals surface area contributed by atoms with Gasteiger partial charge in [0.25, 0.3) is 0 Å². The highest BCUT2D eigenvalue weighted by molar-refractivity contribution is 9.10. The van der Waals surface area contributed by atoms with Crippen LogP contribution in [0.5, 0.6) is 0 Å². The molecule has 1 aromatic rings. The minimum Gasteiger partial charge on any atom is -0.251 e. The summed E-state index contributed by atoms with van der Waals surface area (Å²) in [5.41, 5.74) is 4.25. The van der Waals surface area contributed by atoms with Gasteiger partial charge in [0.15, 0.2) is 0 Å². The van der Waals surface area contributed by atoms with Crippen LogP contribution in [0.3, 0.4) is 0 Å². The van der Waals surface area contributed by atoms with Crippen molar-refractivity contribution in [3.05, 3.63) is 33.3 Å². The van der Waals surface area contributed by atoms with Gasteiger partial charge >= 0.3 is 0 Å². The molecule has 0 spiro atoms. The van der Waals surface area contributed by atoms with E-state index < -0.39 is 0 Å². The predicted molar refractivity (Wildman–Crippen MR) is 59.7 cm³/mol. The molecule has 0 heterocycles. The fourth-order valence-electron chi connectivity index (χ4n) is 0.922. The van der Waals surface area contributed by atoms with E-state index in [0.29, 0.717) is 0 Å². The summed E-state index contributed by atoms with van der Waals surface area (Å²) in [7, 11) is 3.90. The zero-order chi connectivity index (χ0) is 9.84. The summed E-state index contributed by atoms with van der Waals surface area (Å²) in [6.07, 6.45) is 0. The normalized spacial score (nSPS) is 10.8. The van der Waals surface area contributed by atoms with E-state index >= 15 is 0 Å². The lowest BCUT2D eigenvalue weighted by molar-refractivity contribution is 0.286. The first-order valence-electron chi connectivity index (χ1n) is 3.94. The van der Waals surface area contributed by atoms with Crippen LogP contribution in [0.25, 0.3) is 0 Å². The molecule has 0 atom stereocenters. The van der Waals surface area contributed by atoms with Crippen molar-refractivity contribution in [3.63, 3.8) is 0 Å². The third-order valence-corrected chi connectivity index (χ3v) is 2.46. The van der Waals surface area contributed by atoms with Gasteiger partial charge in [0, 0.05) is 30.1 Å². The fourth-order valence-corrected chi connectivity index (χ4v) is 1.51. The summed E-state index contributed by atoms with van der Waals surface area (Å²) in [5.74, 6) is 0. The van der Waals surface area contributed by atoms with E-state index in [2.05, 4.69) is 21.4 Å². The average molecular weight is 264 g/mol. The minimum absolute atomic E-state index is 0.741. The van der Waals surface area contributed by atoms with Crippen LogP contribution < -0.4 is 5.43 Å². The van der Waals surface area contributed by atoms with Crippen molar-refractivity contribution >= 4 is 27.5 Å². The molecule has 0 fully saturated rings. The maximum absolute atomic E-state index is 6.00. The lowest BCUT2D eigenvalue weighted by Crippen LogP contribution is -2.29. The van der Waals surface area contributed by atoms with E-state index in [1.54, 1.807) is 0 Å². The Labute approximate surface area is 92.0 Å². The quantitative estimate of drug-likeness (QED) is 0.844. The molecule has 2 nitrogen and oxygen atoms in total. The molecule has 4 heteroatoms. The van der Waals surface area contributed by atoms with Gasteiger partial charge in [0.1, 0.15) is 0 Å². The number of hydrogen-bond acceptors (Lipinski definition) is 2. The lowest BCUT2D eigenvalue weighted by Gasteiger charge is -2.12. The molecule has 0 aromatic heterocycles. The molecule has 0 aliphatic heterocycles. The van der Waals surface area contributed by atoms with E-state index in [1.807, 2.05) is 37.3 Å². The maximum atomic E-state index is 6.00. The Hall–Kier alpha value is -0.0900. The number of benzene rings is 1. The average Bonchev–Trinajstić information content (AvgIpc) is 2.06. The minimum atomic E-state index is 0.741. The Morgan fingerprint density at radius 2 is 2.15 bits per heavy atom. The molecule has 0 saturated heterocycles. The summed E-state index contributed by atoms with van der Waals surface area (Å²) in [5, 5.41) is 2.69. The molecule has 72 valence electrons. The van der Waals surface area contributed by atoms with Crippen LogP contribution in [0.2, 0.25) is 5.02 Å². The first-order chi connectivity index (χ1) is 6.09. The topological polar surface area (TPSA) is 15.3 Å². The van der Waals surface area contributed by atoms with Crippen LogP contribution in [0.15, 0.2) is 22.7 Å². The lowest BCUT2D eigenvalue weighted by atomic mass is 10.2. The number of rotatable bonds is 3. The zero-order valence-electron chi connectivity index (χ0n) is 7.64. The van der Waals surface area contributed by atoms with Crippen molar-refractivity contribution in [2.45, 2.75) is 6.54 Å². The van der Waals surface area contributed by atoms with E-state index in [-0.39, 0.29) is 0 Å². The van der Waals surface area contributed by atoms with Gasteiger partial charge in [-0.05, 0) is 23.8 Å². The number of hydrazine groups is 1. The van der Waals surface area contributed by atoms with Gasteiger partial charge in [0.05, 0.1) is 0 Å². The van der Waals surface area contributed by atoms with Gasteiger partial charge in [-0.1, -0.05) is 27.5 Å². The van der Waals surface area contributed by atoms with Gasteiger partial charge < -0.3 is 0 Å². The second-order valence-corrected chi connectivity index (χ2v) is 4.29. The fraction of sp³-hybridized carbons (Fsp3) is 0.333. The Kier molecular flexibility index (Phi) is 4.19. The highest BCUT2D eigenvalue weighted by Gasteiger charge is 2.00. The SMILES string of the molecule is CN(C)NCc1cc(Br)ccc1Cl. The Bertz CT molecular complexity index is 289. The highest BCUT2D eigenvalue weighted by Crippen LogP contribution is 2.20. The largest absolute Gasteiger partial charge is 0.251 e. The van der Waals surface area contributed by atoms with Gasteiger partial charge in [-0.15, -0.1) is 0 Å². The smallest absolute Gasteiger partial charge is 0.0452 e. The first-order valence-corrected chi connectivity index (χ1v) is 5.11. The monoisotopic (exact) mass is 262 g/mol. The summed E-state index contributed by atoms with van der Waals surface area (Å²) in [4.78, 5) is 0. The molecule has 0 aliphatic carbocycles. The second-order valence-electron chi connectivity index (χ2n) is 2.97. The summed E-state index contributed by atoms with van der Waals surface area (Å²) in [6, 6.07) is 5.83. The standard InChI is InChI=1S/C9H12BrClN2/c1-13(2)12-6-7-5-8(10)3-4-9(7)11/h3-5,12H,6H2,1-2H3. The van der Waals surface area contributed by atoms with Crippen molar-refractivity contribution in [1.29, 1.82) is 0 Å². The number of halogens is 2. The van der Waals surface area contributed by atoms with Crippen LogP contribution in [-0.4, -0.2) is 19.1 Å². The molecular formula is C9H12BrClN2. The van der Waals surface area contributed by atoms with Crippen LogP contribution in [-0.2, 0) is 6.54 Å². The van der Waals surface area contributed by atoms with Crippen molar-refractivity contribution in [2.24, 2.45) is 0 Å². The molecule has 0 saturated carbocycles. The van der Waals surface area contributed by atoms with Crippen LogP contribution in [0, 0.1) is 0 Å². The summed E-state index contributed by atoms with van der Waals surface area (Å²) < 4.78 is 1.05. The molecule has 0 radical (unpaired) electrons. The van der Waals surface area contributed by atoms with Gasteiger partial charge in [-0.2, -0.15) is 0 Å². The van der Waals surface area contributed by atoms with Crippen LogP contribution in [0.4, 0.5) is 0 Å². The van der Waals surface area contributed by atoms with Crippen molar-refractivity contribution in [1.82, 2.24) is 10.4 Å². The van der Waals surface area contributed by atoms with E-state index in [1.165, 1.54) is 0 Å². The highest BCUT2D eigenvalue weighted by atomic mass is 79.9.